The maximum absolute atomic E-state index is 11.7. The van der Waals surface area contributed by atoms with Crippen molar-refractivity contribution in [2.75, 3.05) is 6.54 Å². The van der Waals surface area contributed by atoms with E-state index in [4.69, 9.17) is 5.73 Å². The van der Waals surface area contributed by atoms with Gasteiger partial charge in [0.2, 0.25) is 0 Å². The Morgan fingerprint density at radius 1 is 1.64 bits per heavy atom. The van der Waals surface area contributed by atoms with Crippen molar-refractivity contribution in [3.8, 4) is 0 Å². The fourth-order valence-electron chi connectivity index (χ4n) is 1.02. The zero-order chi connectivity index (χ0) is 10.6. The largest absolute Gasteiger partial charge is 0.330 e. The first-order valence-corrected chi connectivity index (χ1v) is 5.81. The lowest BCUT2D eigenvalue weighted by atomic mass is 10.3. The molecule has 0 aliphatic rings. The summed E-state index contributed by atoms with van der Waals surface area (Å²) in [7, 11) is 0.723. The molecule has 1 aromatic rings. The van der Waals surface area contributed by atoms with E-state index in [1.165, 1.54) is 4.80 Å². The van der Waals surface area contributed by atoms with Crippen LogP contribution in [0.4, 0.5) is 0 Å². The number of hydrogen-bond acceptors (Lipinski definition) is 5. The van der Waals surface area contributed by atoms with Gasteiger partial charge in [0.1, 0.15) is 0 Å². The number of aromatic nitrogens is 4. The lowest BCUT2D eigenvalue weighted by molar-refractivity contribution is 0.628. The van der Waals surface area contributed by atoms with Crippen molar-refractivity contribution < 1.29 is 4.21 Å². The number of nitrogens with zero attached hydrogens (tertiary/aromatic N) is 4. The van der Waals surface area contributed by atoms with Crippen molar-refractivity contribution >= 4 is 10.8 Å². The normalized spacial score (nSPS) is 15.4. The third-order valence-corrected chi connectivity index (χ3v) is 3.52. The summed E-state index contributed by atoms with van der Waals surface area (Å²) in [5.74, 6) is 0.879. The Balaban J connectivity index is 2.48. The molecule has 0 radical (unpaired) electrons. The fourth-order valence-corrected chi connectivity index (χ4v) is 2.07. The van der Waals surface area contributed by atoms with Crippen molar-refractivity contribution in [2.24, 2.45) is 12.8 Å². The number of nitrogens with two attached hydrogens (primary N) is 1. The van der Waals surface area contributed by atoms with Gasteiger partial charge >= 0.3 is 0 Å². The lowest BCUT2D eigenvalue weighted by Crippen LogP contribution is -2.17. The standard InChI is InChI=1S/C7H15N5OS/c1-6(3-4-8)14(13)5-7-9-11-12(2)10-7/h6H,3-5,8H2,1-2H3. The third-order valence-electron chi connectivity index (χ3n) is 1.84. The smallest absolute Gasteiger partial charge is 0.187 e. The van der Waals surface area contributed by atoms with Crippen LogP contribution in [0.2, 0.25) is 0 Å². The van der Waals surface area contributed by atoms with Gasteiger partial charge in [0.15, 0.2) is 5.82 Å². The molecule has 7 heteroatoms. The molecule has 1 aromatic heterocycles. The minimum absolute atomic E-state index is 0.0869. The summed E-state index contributed by atoms with van der Waals surface area (Å²) < 4.78 is 11.7. The summed E-state index contributed by atoms with van der Waals surface area (Å²) in [6, 6.07) is 0. The van der Waals surface area contributed by atoms with Crippen molar-refractivity contribution in [2.45, 2.75) is 24.3 Å². The Labute approximate surface area is 85.3 Å². The first kappa shape index (κ1) is 11.3. The van der Waals surface area contributed by atoms with Gasteiger partial charge in [-0.25, -0.2) is 0 Å². The van der Waals surface area contributed by atoms with Gasteiger partial charge in [0, 0.05) is 16.0 Å². The van der Waals surface area contributed by atoms with Gasteiger partial charge in [0.25, 0.3) is 0 Å². The average Bonchev–Trinajstić information content (AvgIpc) is 2.51. The second-order valence-electron chi connectivity index (χ2n) is 3.11. The Morgan fingerprint density at radius 2 is 2.36 bits per heavy atom. The molecule has 0 saturated carbocycles. The predicted octanol–water partition coefficient (Wildman–Crippen LogP) is -0.804. The minimum Gasteiger partial charge on any atom is -0.330 e. The molecule has 0 aliphatic carbocycles. The molecule has 0 bridgehead atoms. The molecule has 0 aromatic carbocycles. The molecule has 0 aliphatic heterocycles. The molecular weight excluding hydrogens is 202 g/mol. The molecule has 6 nitrogen and oxygen atoms in total. The van der Waals surface area contributed by atoms with Crippen molar-refractivity contribution in [3.63, 3.8) is 0 Å². The van der Waals surface area contributed by atoms with E-state index >= 15 is 0 Å². The summed E-state index contributed by atoms with van der Waals surface area (Å²) in [5, 5.41) is 11.5. The zero-order valence-electron chi connectivity index (χ0n) is 8.38. The number of rotatable bonds is 5. The first-order chi connectivity index (χ1) is 6.63. The van der Waals surface area contributed by atoms with Gasteiger partial charge in [-0.1, -0.05) is 6.92 Å². The Morgan fingerprint density at radius 3 is 2.86 bits per heavy atom. The maximum Gasteiger partial charge on any atom is 0.187 e. The fraction of sp³-hybridized carbons (Fsp3) is 0.857. The SMILES string of the molecule is CC(CCN)S(=O)Cc1nnn(C)n1. The zero-order valence-corrected chi connectivity index (χ0v) is 9.20. The van der Waals surface area contributed by atoms with Gasteiger partial charge in [-0.05, 0) is 18.2 Å². The van der Waals surface area contributed by atoms with Crippen LogP contribution in [0, 0.1) is 0 Å². The quantitative estimate of drug-likeness (QED) is 0.697. The van der Waals surface area contributed by atoms with E-state index in [0.717, 1.165) is 6.42 Å². The predicted molar refractivity (Wildman–Crippen MR) is 53.8 cm³/mol. The second-order valence-corrected chi connectivity index (χ2v) is 4.96. The molecule has 0 spiro atoms. The van der Waals surface area contributed by atoms with E-state index < -0.39 is 10.8 Å². The maximum atomic E-state index is 11.7. The summed E-state index contributed by atoms with van der Waals surface area (Å²) in [6.45, 7) is 2.47. The van der Waals surface area contributed by atoms with Crippen LogP contribution in [0.25, 0.3) is 0 Å². The summed E-state index contributed by atoms with van der Waals surface area (Å²) in [4.78, 5) is 1.36. The molecular formula is C7H15N5OS. The van der Waals surface area contributed by atoms with Crippen LogP contribution in [0.5, 0.6) is 0 Å². The Kier molecular flexibility index (Phi) is 4.15. The molecule has 14 heavy (non-hydrogen) atoms. The Hall–Kier alpha value is -0.820. The molecule has 2 N–H and O–H groups in total. The summed E-state index contributed by atoms with van der Waals surface area (Å²) in [5.41, 5.74) is 5.38. The van der Waals surface area contributed by atoms with Gasteiger partial charge in [-0.2, -0.15) is 4.80 Å². The topological polar surface area (TPSA) is 86.7 Å². The molecule has 2 unspecified atom stereocenters. The van der Waals surface area contributed by atoms with Crippen LogP contribution >= 0.6 is 0 Å². The minimum atomic E-state index is -0.961. The van der Waals surface area contributed by atoms with Crippen LogP contribution in [-0.4, -0.2) is 36.2 Å². The molecule has 1 rings (SSSR count). The van der Waals surface area contributed by atoms with E-state index in [0.29, 0.717) is 18.1 Å². The molecule has 0 amide bonds. The van der Waals surface area contributed by atoms with Crippen LogP contribution in [0.1, 0.15) is 19.2 Å². The highest BCUT2D eigenvalue weighted by Crippen LogP contribution is 2.04. The van der Waals surface area contributed by atoms with E-state index in [1.807, 2.05) is 6.92 Å². The number of hydrogen-bond donors (Lipinski definition) is 1. The molecule has 80 valence electrons. The molecule has 2 atom stereocenters. The van der Waals surface area contributed by atoms with Crippen LogP contribution in [0.3, 0.4) is 0 Å². The van der Waals surface area contributed by atoms with E-state index in [-0.39, 0.29) is 5.25 Å². The van der Waals surface area contributed by atoms with Crippen LogP contribution < -0.4 is 5.73 Å². The number of tetrazole rings is 1. The van der Waals surface area contributed by atoms with Crippen molar-refractivity contribution in [1.29, 1.82) is 0 Å². The monoisotopic (exact) mass is 217 g/mol. The average molecular weight is 217 g/mol. The van der Waals surface area contributed by atoms with Gasteiger partial charge < -0.3 is 5.73 Å². The first-order valence-electron chi connectivity index (χ1n) is 4.43. The molecule has 0 fully saturated rings. The summed E-state index contributed by atoms with van der Waals surface area (Å²) in [6.07, 6.45) is 0.757. The van der Waals surface area contributed by atoms with E-state index in [9.17, 15) is 4.21 Å². The van der Waals surface area contributed by atoms with Crippen LogP contribution in [0.15, 0.2) is 0 Å². The van der Waals surface area contributed by atoms with Gasteiger partial charge in [0.05, 0.1) is 12.8 Å². The van der Waals surface area contributed by atoms with Crippen molar-refractivity contribution in [1.82, 2.24) is 20.2 Å². The molecule has 1 heterocycles. The van der Waals surface area contributed by atoms with Crippen LogP contribution in [-0.2, 0) is 23.6 Å². The second kappa shape index (κ2) is 5.16. The van der Waals surface area contributed by atoms with E-state index in [1.54, 1.807) is 7.05 Å². The Bertz CT molecular complexity index is 313. The number of aryl methyl sites for hydroxylation is 1. The van der Waals surface area contributed by atoms with Crippen molar-refractivity contribution in [3.05, 3.63) is 5.82 Å². The summed E-state index contributed by atoms with van der Waals surface area (Å²) >= 11 is 0. The highest BCUT2D eigenvalue weighted by atomic mass is 32.2. The van der Waals surface area contributed by atoms with Gasteiger partial charge in [-0.15, -0.1) is 10.2 Å². The molecule has 0 saturated heterocycles. The highest BCUT2D eigenvalue weighted by molar-refractivity contribution is 7.84. The lowest BCUT2D eigenvalue weighted by Gasteiger charge is -2.07. The van der Waals surface area contributed by atoms with E-state index in [2.05, 4.69) is 15.4 Å². The third kappa shape index (κ3) is 3.15. The van der Waals surface area contributed by atoms with Gasteiger partial charge in [-0.3, -0.25) is 4.21 Å². The highest BCUT2D eigenvalue weighted by Gasteiger charge is 2.13.